The first kappa shape index (κ1) is 13.9. The number of nitrogens with zero attached hydrogens (tertiary/aromatic N) is 1. The summed E-state index contributed by atoms with van der Waals surface area (Å²) in [5.74, 6) is -0.358. The van der Waals surface area contributed by atoms with Crippen LogP contribution in [0.4, 0.5) is 5.13 Å². The van der Waals surface area contributed by atoms with Gasteiger partial charge in [-0.3, -0.25) is 9.52 Å². The maximum absolute atomic E-state index is 11.3. The fourth-order valence-electron chi connectivity index (χ4n) is 1.01. The first-order valence-electron chi connectivity index (χ1n) is 4.98. The third-order valence-corrected chi connectivity index (χ3v) is 3.12. The molecule has 0 aliphatic carbocycles. The van der Waals surface area contributed by atoms with Gasteiger partial charge in [0.25, 0.3) is 0 Å². The molecule has 0 aromatic carbocycles. The summed E-state index contributed by atoms with van der Waals surface area (Å²) in [5, 5.41) is 1.88. The third kappa shape index (κ3) is 5.64. The van der Waals surface area contributed by atoms with Crippen molar-refractivity contribution in [1.82, 2.24) is 4.98 Å². The average molecular weight is 278 g/mol. The molecule has 1 heterocycles. The molecule has 1 aromatic rings. The van der Waals surface area contributed by atoms with Crippen molar-refractivity contribution in [3.05, 3.63) is 11.1 Å². The normalized spacial score (nSPS) is 11.2. The molecule has 0 bridgehead atoms. The summed E-state index contributed by atoms with van der Waals surface area (Å²) < 4.78 is 29.0. The number of carbonyl (C=O) groups excluding carboxylic acids is 1. The topological polar surface area (TPSA) is 85.4 Å². The van der Waals surface area contributed by atoms with Gasteiger partial charge in [-0.25, -0.2) is 13.4 Å². The lowest BCUT2D eigenvalue weighted by atomic mass is 10.3. The van der Waals surface area contributed by atoms with Gasteiger partial charge >= 0.3 is 5.97 Å². The SMILES string of the molecule is CCCOC(=O)Cc1csc(NS(C)(=O)=O)n1. The van der Waals surface area contributed by atoms with Gasteiger partial charge in [0.05, 0.1) is 25.0 Å². The Kier molecular flexibility index (Phi) is 4.88. The maximum atomic E-state index is 11.3. The molecule has 96 valence electrons. The Hall–Kier alpha value is -1.15. The number of thiazole rings is 1. The van der Waals surface area contributed by atoms with Crippen molar-refractivity contribution in [2.45, 2.75) is 19.8 Å². The molecule has 6 nitrogen and oxygen atoms in total. The van der Waals surface area contributed by atoms with E-state index in [1.165, 1.54) is 0 Å². The molecule has 1 rings (SSSR count). The largest absolute Gasteiger partial charge is 0.465 e. The van der Waals surface area contributed by atoms with Crippen molar-refractivity contribution in [2.75, 3.05) is 17.6 Å². The number of nitrogens with one attached hydrogen (secondary N) is 1. The second kappa shape index (κ2) is 5.97. The van der Waals surface area contributed by atoms with Gasteiger partial charge in [-0.1, -0.05) is 6.92 Å². The summed E-state index contributed by atoms with van der Waals surface area (Å²) in [6, 6.07) is 0. The number of sulfonamides is 1. The summed E-state index contributed by atoms with van der Waals surface area (Å²) in [6.07, 6.45) is 1.87. The standard InChI is InChI=1S/C9H14N2O4S2/c1-3-4-15-8(12)5-7-6-16-9(10-7)11-17(2,13)14/h6H,3-5H2,1-2H3,(H,10,11). The zero-order chi connectivity index (χ0) is 12.9. The fraction of sp³-hybridized carbons (Fsp3) is 0.556. The van der Waals surface area contributed by atoms with Crippen LogP contribution in [0.3, 0.4) is 0 Å². The Morgan fingerprint density at radius 2 is 2.29 bits per heavy atom. The van der Waals surface area contributed by atoms with Crippen LogP contribution >= 0.6 is 11.3 Å². The Morgan fingerprint density at radius 1 is 1.59 bits per heavy atom. The number of hydrogen-bond acceptors (Lipinski definition) is 6. The number of anilines is 1. The van der Waals surface area contributed by atoms with Crippen molar-refractivity contribution in [3.63, 3.8) is 0 Å². The van der Waals surface area contributed by atoms with Gasteiger partial charge < -0.3 is 4.74 Å². The summed E-state index contributed by atoms with van der Waals surface area (Å²) in [7, 11) is -3.32. The van der Waals surface area contributed by atoms with Crippen molar-refractivity contribution in [2.24, 2.45) is 0 Å². The van der Waals surface area contributed by atoms with Crippen molar-refractivity contribution >= 4 is 32.5 Å². The van der Waals surface area contributed by atoms with Crippen LogP contribution in [0, 0.1) is 0 Å². The van der Waals surface area contributed by atoms with E-state index in [1.807, 2.05) is 6.92 Å². The maximum Gasteiger partial charge on any atom is 0.311 e. The van der Waals surface area contributed by atoms with E-state index in [2.05, 4.69) is 9.71 Å². The highest BCUT2D eigenvalue weighted by atomic mass is 32.2. The molecule has 0 atom stereocenters. The third-order valence-electron chi connectivity index (χ3n) is 1.62. The fourth-order valence-corrected chi connectivity index (χ4v) is 2.57. The number of carbonyl (C=O) groups is 1. The van der Waals surface area contributed by atoms with E-state index >= 15 is 0 Å². The van der Waals surface area contributed by atoms with E-state index < -0.39 is 10.0 Å². The molecule has 0 radical (unpaired) electrons. The van der Waals surface area contributed by atoms with Gasteiger partial charge in [-0.15, -0.1) is 11.3 Å². The molecular weight excluding hydrogens is 264 g/mol. The van der Waals surface area contributed by atoms with E-state index in [9.17, 15) is 13.2 Å². The van der Waals surface area contributed by atoms with E-state index in [0.717, 1.165) is 24.0 Å². The lowest BCUT2D eigenvalue weighted by Crippen LogP contribution is -2.10. The predicted molar refractivity (Wildman–Crippen MR) is 65.5 cm³/mol. The minimum absolute atomic E-state index is 0.0575. The van der Waals surface area contributed by atoms with Crippen LogP contribution in [-0.4, -0.2) is 32.2 Å². The van der Waals surface area contributed by atoms with Crippen LogP contribution in [0.15, 0.2) is 5.38 Å². The van der Waals surface area contributed by atoms with Gasteiger partial charge in [-0.05, 0) is 6.42 Å². The number of esters is 1. The second-order valence-electron chi connectivity index (χ2n) is 3.42. The predicted octanol–water partition coefficient (Wildman–Crippen LogP) is 1.01. The summed E-state index contributed by atoms with van der Waals surface area (Å²) >= 11 is 1.13. The Morgan fingerprint density at radius 3 is 2.88 bits per heavy atom. The molecule has 1 N–H and O–H groups in total. The Bertz CT molecular complexity index is 481. The number of aromatic nitrogens is 1. The number of rotatable bonds is 6. The van der Waals surface area contributed by atoms with Gasteiger partial charge in [-0.2, -0.15) is 0 Å². The van der Waals surface area contributed by atoms with Crippen molar-refractivity contribution < 1.29 is 17.9 Å². The highest BCUT2D eigenvalue weighted by Crippen LogP contribution is 2.16. The monoisotopic (exact) mass is 278 g/mol. The van der Waals surface area contributed by atoms with Gasteiger partial charge in [0.15, 0.2) is 5.13 Å². The van der Waals surface area contributed by atoms with E-state index in [0.29, 0.717) is 12.3 Å². The quantitative estimate of drug-likeness (QED) is 0.785. The van der Waals surface area contributed by atoms with Crippen molar-refractivity contribution in [3.8, 4) is 0 Å². The molecule has 0 saturated carbocycles. The molecule has 0 unspecified atom stereocenters. The van der Waals surface area contributed by atoms with Gasteiger partial charge in [0, 0.05) is 5.38 Å². The van der Waals surface area contributed by atoms with Crippen LogP contribution in [0.25, 0.3) is 0 Å². The average Bonchev–Trinajstić information content (AvgIpc) is 2.59. The first-order valence-corrected chi connectivity index (χ1v) is 7.75. The minimum atomic E-state index is -3.32. The highest BCUT2D eigenvalue weighted by Gasteiger charge is 2.10. The Balaban J connectivity index is 2.54. The first-order chi connectivity index (χ1) is 7.90. The number of ether oxygens (including phenoxy) is 1. The Labute approximate surface area is 104 Å². The van der Waals surface area contributed by atoms with Gasteiger partial charge in [0.1, 0.15) is 0 Å². The van der Waals surface area contributed by atoms with Crippen molar-refractivity contribution in [1.29, 1.82) is 0 Å². The zero-order valence-corrected chi connectivity index (χ0v) is 11.2. The highest BCUT2D eigenvalue weighted by molar-refractivity contribution is 7.92. The molecule has 1 aromatic heterocycles. The molecule has 0 saturated heterocycles. The molecule has 0 amide bonds. The summed E-state index contributed by atoms with van der Waals surface area (Å²) in [6.45, 7) is 2.29. The van der Waals surface area contributed by atoms with Crippen LogP contribution in [0.2, 0.25) is 0 Å². The summed E-state index contributed by atoms with van der Waals surface area (Å²) in [5.41, 5.74) is 0.502. The molecule has 0 aliphatic heterocycles. The molecule has 0 aliphatic rings. The number of hydrogen-bond donors (Lipinski definition) is 1. The lowest BCUT2D eigenvalue weighted by molar-refractivity contribution is -0.142. The van der Waals surface area contributed by atoms with Crippen LogP contribution in [0.1, 0.15) is 19.0 Å². The van der Waals surface area contributed by atoms with Crippen LogP contribution < -0.4 is 4.72 Å². The second-order valence-corrected chi connectivity index (χ2v) is 6.02. The zero-order valence-electron chi connectivity index (χ0n) is 9.60. The minimum Gasteiger partial charge on any atom is -0.465 e. The van der Waals surface area contributed by atoms with E-state index in [4.69, 9.17) is 4.74 Å². The van der Waals surface area contributed by atoms with Gasteiger partial charge in [0.2, 0.25) is 10.0 Å². The summed E-state index contributed by atoms with van der Waals surface area (Å²) in [4.78, 5) is 15.2. The molecule has 17 heavy (non-hydrogen) atoms. The molecule has 8 heteroatoms. The van der Waals surface area contributed by atoms with E-state index in [1.54, 1.807) is 5.38 Å². The lowest BCUT2D eigenvalue weighted by Gasteiger charge is -2.00. The molecule has 0 fully saturated rings. The molecule has 0 spiro atoms. The molecular formula is C9H14N2O4S2. The van der Waals surface area contributed by atoms with Crippen LogP contribution in [0.5, 0.6) is 0 Å². The van der Waals surface area contributed by atoms with E-state index in [-0.39, 0.29) is 17.5 Å². The smallest absolute Gasteiger partial charge is 0.311 e. The van der Waals surface area contributed by atoms with Crippen LogP contribution in [-0.2, 0) is 26.0 Å².